The standard InChI is InChI=1S/C22H31N3O/c23-18-22(12-6-1-2-7-13-22)24-21(26)17-25-14-10-20(11-15-25)16-19-8-4-3-5-9-19/h3-5,8-9,20H,1-2,6-7,10-17H2,(H,24,26). The first-order valence-electron chi connectivity index (χ1n) is 10.2. The average molecular weight is 354 g/mol. The summed E-state index contributed by atoms with van der Waals surface area (Å²) in [6.45, 7) is 2.39. The number of amides is 1. The molecular formula is C22H31N3O. The molecule has 2 fully saturated rings. The zero-order valence-corrected chi connectivity index (χ0v) is 15.8. The molecule has 2 aliphatic rings. The van der Waals surface area contributed by atoms with E-state index in [1.807, 2.05) is 0 Å². The third kappa shape index (κ3) is 5.32. The maximum Gasteiger partial charge on any atom is 0.235 e. The largest absolute Gasteiger partial charge is 0.337 e. The zero-order valence-electron chi connectivity index (χ0n) is 15.8. The Kier molecular flexibility index (Phi) is 6.68. The fourth-order valence-corrected chi connectivity index (χ4v) is 4.40. The van der Waals surface area contributed by atoms with Crippen LogP contribution >= 0.6 is 0 Å². The van der Waals surface area contributed by atoms with Crippen LogP contribution in [0.3, 0.4) is 0 Å². The Bertz CT molecular complexity index is 606. The number of hydrogen-bond donors (Lipinski definition) is 1. The predicted molar refractivity (Wildman–Crippen MR) is 103 cm³/mol. The van der Waals surface area contributed by atoms with Crippen molar-refractivity contribution in [2.45, 2.75) is 63.3 Å². The van der Waals surface area contributed by atoms with Gasteiger partial charge in [-0.05, 0) is 56.7 Å². The number of piperidine rings is 1. The van der Waals surface area contributed by atoms with E-state index >= 15 is 0 Å². The van der Waals surface area contributed by atoms with Crippen LogP contribution in [0.5, 0.6) is 0 Å². The third-order valence-corrected chi connectivity index (χ3v) is 5.99. The topological polar surface area (TPSA) is 56.1 Å². The summed E-state index contributed by atoms with van der Waals surface area (Å²) in [5.41, 5.74) is 0.784. The number of nitrogens with zero attached hydrogens (tertiary/aromatic N) is 2. The second-order valence-corrected chi connectivity index (χ2v) is 8.07. The summed E-state index contributed by atoms with van der Waals surface area (Å²) in [4.78, 5) is 14.8. The SMILES string of the molecule is N#CC1(NC(=O)CN2CCC(Cc3ccccc3)CC2)CCCCCC1. The number of rotatable bonds is 5. The van der Waals surface area contributed by atoms with Crippen LogP contribution in [-0.4, -0.2) is 36.0 Å². The van der Waals surface area contributed by atoms with Gasteiger partial charge in [-0.3, -0.25) is 9.69 Å². The van der Waals surface area contributed by atoms with Crippen LogP contribution in [0.2, 0.25) is 0 Å². The summed E-state index contributed by atoms with van der Waals surface area (Å²) >= 11 is 0. The fourth-order valence-electron chi connectivity index (χ4n) is 4.40. The summed E-state index contributed by atoms with van der Waals surface area (Å²) in [6.07, 6.45) is 9.46. The summed E-state index contributed by atoms with van der Waals surface area (Å²) in [6, 6.07) is 13.1. The van der Waals surface area contributed by atoms with Gasteiger partial charge in [-0.25, -0.2) is 0 Å². The summed E-state index contributed by atoms with van der Waals surface area (Å²) in [5.74, 6) is 0.735. The molecule has 0 unspecified atom stereocenters. The van der Waals surface area contributed by atoms with Gasteiger partial charge in [0.05, 0.1) is 12.6 Å². The molecule has 1 aromatic carbocycles. The van der Waals surface area contributed by atoms with Gasteiger partial charge in [0, 0.05) is 0 Å². The van der Waals surface area contributed by atoms with E-state index in [1.54, 1.807) is 0 Å². The van der Waals surface area contributed by atoms with Crippen LogP contribution in [0.25, 0.3) is 0 Å². The smallest absolute Gasteiger partial charge is 0.235 e. The van der Waals surface area contributed by atoms with Gasteiger partial charge < -0.3 is 5.32 Å². The Morgan fingerprint density at radius 3 is 2.38 bits per heavy atom. The van der Waals surface area contributed by atoms with E-state index in [4.69, 9.17) is 0 Å². The fraction of sp³-hybridized carbons (Fsp3) is 0.636. The molecule has 1 aliphatic heterocycles. The highest BCUT2D eigenvalue weighted by atomic mass is 16.2. The lowest BCUT2D eigenvalue weighted by Crippen LogP contribution is -2.51. The van der Waals surface area contributed by atoms with Crippen LogP contribution in [-0.2, 0) is 11.2 Å². The van der Waals surface area contributed by atoms with Gasteiger partial charge in [-0.15, -0.1) is 0 Å². The maximum atomic E-state index is 12.5. The lowest BCUT2D eigenvalue weighted by atomic mass is 9.90. The molecule has 0 atom stereocenters. The van der Waals surface area contributed by atoms with E-state index in [0.717, 1.165) is 58.0 Å². The van der Waals surface area contributed by atoms with E-state index in [1.165, 1.54) is 18.4 Å². The van der Waals surface area contributed by atoms with Gasteiger partial charge in [0.25, 0.3) is 0 Å². The molecule has 140 valence electrons. The Labute approximate surface area is 157 Å². The molecule has 26 heavy (non-hydrogen) atoms. The van der Waals surface area contributed by atoms with Gasteiger partial charge in [-0.2, -0.15) is 5.26 Å². The average Bonchev–Trinajstić information content (AvgIpc) is 2.90. The lowest BCUT2D eigenvalue weighted by Gasteiger charge is -2.33. The number of benzene rings is 1. The van der Waals surface area contributed by atoms with Crippen LogP contribution in [0.1, 0.15) is 56.9 Å². The van der Waals surface area contributed by atoms with Crippen LogP contribution in [0, 0.1) is 17.2 Å². The molecule has 1 heterocycles. The predicted octanol–water partition coefficient (Wildman–Crippen LogP) is 3.67. The number of carbonyl (C=O) groups excluding carboxylic acids is 1. The van der Waals surface area contributed by atoms with Crippen molar-refractivity contribution in [1.82, 2.24) is 10.2 Å². The third-order valence-electron chi connectivity index (χ3n) is 5.99. The normalized spacial score (nSPS) is 21.5. The summed E-state index contributed by atoms with van der Waals surface area (Å²) < 4.78 is 0. The number of nitriles is 1. The first-order chi connectivity index (χ1) is 12.7. The molecule has 1 aromatic rings. The van der Waals surface area contributed by atoms with Crippen molar-refractivity contribution >= 4 is 5.91 Å². The second-order valence-electron chi connectivity index (χ2n) is 8.07. The highest BCUT2D eigenvalue weighted by Gasteiger charge is 2.33. The quantitative estimate of drug-likeness (QED) is 0.822. The van der Waals surface area contributed by atoms with Crippen molar-refractivity contribution in [2.24, 2.45) is 5.92 Å². The Morgan fingerprint density at radius 2 is 1.77 bits per heavy atom. The summed E-state index contributed by atoms with van der Waals surface area (Å²) in [5, 5.41) is 12.7. The van der Waals surface area contributed by atoms with Crippen molar-refractivity contribution in [3.63, 3.8) is 0 Å². The van der Waals surface area contributed by atoms with Gasteiger partial charge in [0.15, 0.2) is 0 Å². The Balaban J connectivity index is 1.43. The molecule has 1 aliphatic carbocycles. The van der Waals surface area contributed by atoms with Gasteiger partial charge in [0.1, 0.15) is 5.54 Å². The molecule has 4 nitrogen and oxygen atoms in total. The molecule has 0 aromatic heterocycles. The van der Waals surface area contributed by atoms with E-state index in [0.29, 0.717) is 12.5 Å². The number of carbonyl (C=O) groups is 1. The minimum absolute atomic E-state index is 0.0231. The zero-order chi connectivity index (χ0) is 18.2. The first kappa shape index (κ1) is 18.9. The molecule has 3 rings (SSSR count). The van der Waals surface area contributed by atoms with E-state index in [-0.39, 0.29) is 5.91 Å². The molecule has 1 N–H and O–H groups in total. The van der Waals surface area contributed by atoms with Crippen LogP contribution in [0.4, 0.5) is 0 Å². The van der Waals surface area contributed by atoms with Gasteiger partial charge in [-0.1, -0.05) is 56.0 Å². The Morgan fingerprint density at radius 1 is 1.12 bits per heavy atom. The van der Waals surface area contributed by atoms with Gasteiger partial charge in [0.2, 0.25) is 5.91 Å². The van der Waals surface area contributed by atoms with Crippen molar-refractivity contribution < 1.29 is 4.79 Å². The summed E-state index contributed by atoms with van der Waals surface area (Å²) in [7, 11) is 0. The Hall–Kier alpha value is -1.86. The van der Waals surface area contributed by atoms with Gasteiger partial charge >= 0.3 is 0 Å². The maximum absolute atomic E-state index is 12.5. The van der Waals surface area contributed by atoms with Crippen molar-refractivity contribution in [1.29, 1.82) is 5.26 Å². The molecule has 1 amide bonds. The van der Waals surface area contributed by atoms with E-state index < -0.39 is 5.54 Å². The van der Waals surface area contributed by atoms with E-state index in [9.17, 15) is 10.1 Å². The molecule has 1 saturated carbocycles. The monoisotopic (exact) mass is 353 g/mol. The molecule has 1 saturated heterocycles. The molecule has 0 radical (unpaired) electrons. The van der Waals surface area contributed by atoms with E-state index in [2.05, 4.69) is 46.6 Å². The lowest BCUT2D eigenvalue weighted by molar-refractivity contribution is -0.124. The number of likely N-dealkylation sites (tertiary alicyclic amines) is 1. The molecular weight excluding hydrogens is 322 g/mol. The minimum atomic E-state index is -0.626. The molecule has 0 bridgehead atoms. The highest BCUT2D eigenvalue weighted by molar-refractivity contribution is 5.79. The second kappa shape index (κ2) is 9.19. The molecule has 0 spiro atoms. The van der Waals surface area contributed by atoms with Crippen LogP contribution < -0.4 is 5.32 Å². The van der Waals surface area contributed by atoms with Crippen molar-refractivity contribution in [3.8, 4) is 6.07 Å². The number of nitrogens with one attached hydrogen (secondary N) is 1. The van der Waals surface area contributed by atoms with Crippen LogP contribution in [0.15, 0.2) is 30.3 Å². The number of hydrogen-bond acceptors (Lipinski definition) is 3. The minimum Gasteiger partial charge on any atom is -0.337 e. The highest BCUT2D eigenvalue weighted by Crippen LogP contribution is 2.27. The van der Waals surface area contributed by atoms with Crippen molar-refractivity contribution in [2.75, 3.05) is 19.6 Å². The van der Waals surface area contributed by atoms with Crippen molar-refractivity contribution in [3.05, 3.63) is 35.9 Å². The first-order valence-corrected chi connectivity index (χ1v) is 10.2. The molecule has 4 heteroatoms.